The van der Waals surface area contributed by atoms with Gasteiger partial charge in [0.25, 0.3) is 0 Å². The fraction of sp³-hybridized carbons (Fsp3) is 0.867. The number of ether oxygens (including phenoxy) is 1. The van der Waals surface area contributed by atoms with E-state index in [-0.39, 0.29) is 0 Å². The average Bonchev–Trinajstić information content (AvgIpc) is 2.80. The third kappa shape index (κ3) is 24.3. The second-order valence-electron chi connectivity index (χ2n) is 12.2. The Bertz CT molecular complexity index is 502. The van der Waals surface area contributed by atoms with E-state index in [0.29, 0.717) is 0 Å². The number of hydrogen-bond acceptors (Lipinski definition) is 1. The molecular weight excluding hydrogens is 489 g/mol. The van der Waals surface area contributed by atoms with Crippen LogP contribution in [0.2, 0.25) is 54.8 Å². The minimum Gasteiger partial charge on any atom is -0.501 e. The van der Waals surface area contributed by atoms with E-state index in [4.69, 9.17) is 4.74 Å². The molecule has 0 aromatic heterocycles. The predicted octanol–water partition coefficient (Wildman–Crippen LogP) is 10.7. The lowest BCUT2D eigenvalue weighted by Crippen LogP contribution is -2.35. The first-order chi connectivity index (χ1) is 16.7. The van der Waals surface area contributed by atoms with Gasteiger partial charge in [0.05, 0.1) is 12.9 Å². The normalized spacial score (nSPS) is 12.5. The first-order valence-corrected chi connectivity index (χ1v) is 24.5. The molecule has 0 saturated heterocycles. The first kappa shape index (κ1) is 35.1. The molecule has 0 amide bonds. The summed E-state index contributed by atoms with van der Waals surface area (Å²) in [7, 11) is 0.336. The molecule has 0 aliphatic rings. The maximum atomic E-state index is 5.58. The van der Waals surface area contributed by atoms with Crippen molar-refractivity contribution in [2.75, 3.05) is 6.61 Å². The van der Waals surface area contributed by atoms with Crippen LogP contribution in [-0.4, -0.2) is 41.8 Å². The van der Waals surface area contributed by atoms with Crippen molar-refractivity contribution in [3.05, 3.63) is 24.5 Å². The molecule has 0 bridgehead atoms. The van der Waals surface area contributed by atoms with Crippen LogP contribution in [0.25, 0.3) is 0 Å². The molecule has 0 saturated carbocycles. The number of allylic oxidation sites excluding steroid dienone is 2. The standard InChI is InChI=1S/C30H62OSi4/c1-8-10-12-14-16-18-25-35(7,26-19-17-15-13-11-9-2)29-33-28-34(5,6)27-32-24-20-22-31-23-21-30(3)4/h21,23H,3,8-20,22,24-29H2,1-2,4-7H3. The molecule has 0 aromatic rings. The fourth-order valence-corrected chi connectivity index (χ4v) is 20.7. The maximum absolute atomic E-state index is 5.58. The Morgan fingerprint density at radius 2 is 1.23 bits per heavy atom. The molecule has 4 radical (unpaired) electrons. The van der Waals surface area contributed by atoms with Gasteiger partial charge in [-0.05, 0) is 19.4 Å². The zero-order valence-corrected chi connectivity index (χ0v) is 28.9. The molecule has 0 aliphatic heterocycles. The monoisotopic (exact) mass is 550 g/mol. The molecule has 0 rings (SSSR count). The van der Waals surface area contributed by atoms with Crippen LogP contribution in [0, 0.1) is 0 Å². The lowest BCUT2D eigenvalue weighted by atomic mass is 10.1. The van der Waals surface area contributed by atoms with Crippen molar-refractivity contribution >= 4 is 35.2 Å². The van der Waals surface area contributed by atoms with E-state index < -0.39 is 16.1 Å². The minimum atomic E-state index is -1.04. The van der Waals surface area contributed by atoms with Crippen molar-refractivity contribution in [3.8, 4) is 0 Å². The van der Waals surface area contributed by atoms with Crippen molar-refractivity contribution in [1.82, 2.24) is 0 Å². The van der Waals surface area contributed by atoms with Crippen molar-refractivity contribution in [3.63, 3.8) is 0 Å². The highest BCUT2D eigenvalue weighted by Crippen LogP contribution is 2.28. The van der Waals surface area contributed by atoms with Crippen LogP contribution >= 0.6 is 0 Å². The molecule has 0 spiro atoms. The van der Waals surface area contributed by atoms with Gasteiger partial charge in [0.1, 0.15) is 0 Å². The summed E-state index contributed by atoms with van der Waals surface area (Å²) in [5, 5.41) is 0. The van der Waals surface area contributed by atoms with Crippen LogP contribution in [0.15, 0.2) is 24.5 Å². The van der Waals surface area contributed by atoms with Crippen LogP contribution in [0.3, 0.4) is 0 Å². The summed E-state index contributed by atoms with van der Waals surface area (Å²) >= 11 is 0. The second-order valence-corrected chi connectivity index (χ2v) is 26.9. The SMILES string of the molecule is C=C(C)C=COCCC[Si]C[Si](C)(C)C[Si]C[Si](C)(CCCCCCCC)CCCCCCCC. The Labute approximate surface area is 229 Å². The van der Waals surface area contributed by atoms with Gasteiger partial charge in [0.2, 0.25) is 0 Å². The van der Waals surface area contributed by atoms with Gasteiger partial charge in [-0.2, -0.15) is 0 Å². The van der Waals surface area contributed by atoms with Crippen LogP contribution in [0.4, 0.5) is 0 Å². The minimum absolute atomic E-state index is 0.862. The van der Waals surface area contributed by atoms with Crippen molar-refractivity contribution in [2.45, 2.75) is 159 Å². The summed E-state index contributed by atoms with van der Waals surface area (Å²) in [6.45, 7) is 19.5. The summed E-state index contributed by atoms with van der Waals surface area (Å²) in [4.78, 5) is 0. The third-order valence-electron chi connectivity index (χ3n) is 7.09. The molecular formula is C30H62OSi4. The van der Waals surface area contributed by atoms with E-state index in [0.717, 1.165) is 21.7 Å². The summed E-state index contributed by atoms with van der Waals surface area (Å²) in [5.41, 5.74) is 5.82. The van der Waals surface area contributed by atoms with Crippen molar-refractivity contribution in [1.29, 1.82) is 0 Å². The zero-order valence-electron chi connectivity index (χ0n) is 24.9. The molecule has 0 atom stereocenters. The van der Waals surface area contributed by atoms with Gasteiger partial charge in [0, 0.05) is 35.2 Å². The second kappa shape index (κ2) is 23.3. The average molecular weight is 551 g/mol. The molecule has 0 heterocycles. The smallest absolute Gasteiger partial charge is 0.0870 e. The Morgan fingerprint density at radius 1 is 0.714 bits per heavy atom. The lowest BCUT2D eigenvalue weighted by molar-refractivity contribution is 0.250. The largest absolute Gasteiger partial charge is 0.501 e. The van der Waals surface area contributed by atoms with Crippen LogP contribution < -0.4 is 0 Å². The van der Waals surface area contributed by atoms with Crippen LogP contribution in [-0.2, 0) is 4.74 Å². The van der Waals surface area contributed by atoms with Gasteiger partial charge in [-0.3, -0.25) is 0 Å². The van der Waals surface area contributed by atoms with Gasteiger partial charge >= 0.3 is 0 Å². The fourth-order valence-electron chi connectivity index (χ4n) is 4.67. The van der Waals surface area contributed by atoms with E-state index in [1.165, 1.54) is 105 Å². The van der Waals surface area contributed by atoms with Crippen molar-refractivity contribution in [2.24, 2.45) is 0 Å². The highest BCUT2D eigenvalue weighted by atomic mass is 28.4. The molecule has 1 nitrogen and oxygen atoms in total. The zero-order chi connectivity index (χ0) is 26.3. The predicted molar refractivity (Wildman–Crippen MR) is 171 cm³/mol. The molecule has 0 aromatic carbocycles. The Morgan fingerprint density at radius 3 is 1.77 bits per heavy atom. The van der Waals surface area contributed by atoms with Crippen molar-refractivity contribution < 1.29 is 4.74 Å². The Balaban J connectivity index is 4.29. The molecule has 0 aliphatic carbocycles. The number of hydrogen-bond donors (Lipinski definition) is 0. The van der Waals surface area contributed by atoms with E-state index in [1.807, 2.05) is 19.3 Å². The molecule has 5 heteroatoms. The maximum Gasteiger partial charge on any atom is 0.0870 e. The highest BCUT2D eigenvalue weighted by molar-refractivity contribution is 6.93. The number of rotatable bonds is 26. The Hall–Kier alpha value is 0.148. The van der Waals surface area contributed by atoms with Crippen LogP contribution in [0.1, 0.15) is 104 Å². The van der Waals surface area contributed by atoms with E-state index in [1.54, 1.807) is 23.4 Å². The molecule has 0 unspecified atom stereocenters. The summed E-state index contributed by atoms with van der Waals surface area (Å²) in [5.74, 6) is 0. The molecule has 204 valence electrons. The van der Waals surface area contributed by atoms with Gasteiger partial charge in [-0.15, -0.1) is 0 Å². The van der Waals surface area contributed by atoms with Crippen LogP contribution in [0.5, 0.6) is 0 Å². The summed E-state index contributed by atoms with van der Waals surface area (Å²) in [6.07, 6.45) is 22.5. The van der Waals surface area contributed by atoms with E-state index in [2.05, 4.69) is 40.1 Å². The van der Waals surface area contributed by atoms with Gasteiger partial charge in [-0.1, -0.05) is 158 Å². The van der Waals surface area contributed by atoms with E-state index in [9.17, 15) is 0 Å². The van der Waals surface area contributed by atoms with Gasteiger partial charge in [0.15, 0.2) is 0 Å². The summed E-state index contributed by atoms with van der Waals surface area (Å²) in [6, 6.07) is 4.58. The highest BCUT2D eigenvalue weighted by Gasteiger charge is 2.28. The topological polar surface area (TPSA) is 9.23 Å². The molecule has 35 heavy (non-hydrogen) atoms. The van der Waals surface area contributed by atoms with Gasteiger partial charge in [-0.25, -0.2) is 0 Å². The third-order valence-corrected chi connectivity index (χ3v) is 25.0. The summed E-state index contributed by atoms with van der Waals surface area (Å²) < 4.78 is 5.58. The van der Waals surface area contributed by atoms with Gasteiger partial charge < -0.3 is 4.74 Å². The lowest BCUT2D eigenvalue weighted by Gasteiger charge is -2.30. The Kier molecular flexibility index (Phi) is 23.4. The molecule has 0 N–H and O–H groups in total. The quantitative estimate of drug-likeness (QED) is 0.0450. The first-order valence-electron chi connectivity index (χ1n) is 15.1. The molecule has 0 fully saturated rings. The van der Waals surface area contributed by atoms with E-state index >= 15 is 0 Å². The number of unbranched alkanes of at least 4 members (excludes halogenated alkanes) is 10.